The van der Waals surface area contributed by atoms with E-state index in [9.17, 15) is 9.59 Å². The van der Waals surface area contributed by atoms with Gasteiger partial charge in [-0.15, -0.1) is 0 Å². The number of nitrogens with one attached hydrogen (secondary N) is 1. The van der Waals surface area contributed by atoms with Gasteiger partial charge in [0.1, 0.15) is 0 Å². The summed E-state index contributed by atoms with van der Waals surface area (Å²) >= 11 is 5.92. The summed E-state index contributed by atoms with van der Waals surface area (Å²) in [6.07, 6.45) is 0. The second-order valence-corrected chi connectivity index (χ2v) is 3.73. The van der Waals surface area contributed by atoms with Crippen LogP contribution in [-0.2, 0) is 4.79 Å². The molecule has 0 atom stereocenters. The van der Waals surface area contributed by atoms with E-state index in [-0.39, 0.29) is 12.5 Å². The maximum Gasteiger partial charge on any atom is 0.329 e. The van der Waals surface area contributed by atoms with Gasteiger partial charge in [0.25, 0.3) is 5.91 Å². The molecule has 1 aromatic carbocycles. The lowest BCUT2D eigenvalue weighted by Crippen LogP contribution is -2.30. The quantitative estimate of drug-likeness (QED) is 0.739. The number of imide groups is 1. The highest BCUT2D eigenvalue weighted by molar-refractivity contribution is 6.32. The summed E-state index contributed by atoms with van der Waals surface area (Å²) in [6, 6.07) is 4.68. The maximum absolute atomic E-state index is 11.4. The molecule has 1 aromatic rings. The second-order valence-electron chi connectivity index (χ2n) is 3.32. The van der Waals surface area contributed by atoms with Gasteiger partial charge in [-0.3, -0.25) is 4.79 Å². The lowest BCUT2D eigenvalue weighted by atomic mass is 10.2. The van der Waals surface area contributed by atoms with E-state index in [0.717, 1.165) is 10.5 Å². The summed E-state index contributed by atoms with van der Waals surface area (Å²) in [5.41, 5.74) is 1.41. The van der Waals surface area contributed by atoms with Gasteiger partial charge >= 0.3 is 6.03 Å². The lowest BCUT2D eigenvalue weighted by molar-refractivity contribution is -0.115. The molecular weight excluding hydrogens is 216 g/mol. The number of amides is 3. The molecule has 0 bridgehead atoms. The highest BCUT2D eigenvalue weighted by atomic mass is 35.5. The number of carbonyl (C=O) groups excluding carboxylic acids is 2. The van der Waals surface area contributed by atoms with E-state index in [1.165, 1.54) is 0 Å². The van der Waals surface area contributed by atoms with Crippen LogP contribution in [0.4, 0.5) is 10.5 Å². The van der Waals surface area contributed by atoms with Crippen LogP contribution in [0.2, 0.25) is 5.02 Å². The molecule has 0 saturated carbocycles. The number of anilines is 1. The third kappa shape index (κ3) is 1.68. The molecule has 0 unspecified atom stereocenters. The van der Waals surface area contributed by atoms with Crippen LogP contribution >= 0.6 is 11.6 Å². The molecule has 1 fully saturated rings. The molecule has 1 heterocycles. The van der Waals surface area contributed by atoms with Crippen LogP contribution in [0.15, 0.2) is 18.2 Å². The van der Waals surface area contributed by atoms with E-state index < -0.39 is 6.03 Å². The van der Waals surface area contributed by atoms with Gasteiger partial charge in [-0.25, -0.2) is 9.69 Å². The van der Waals surface area contributed by atoms with Crippen molar-refractivity contribution in [3.8, 4) is 0 Å². The molecule has 4 nitrogen and oxygen atoms in total. The van der Waals surface area contributed by atoms with Gasteiger partial charge in [-0.05, 0) is 24.6 Å². The Morgan fingerprint density at radius 2 is 2.13 bits per heavy atom. The van der Waals surface area contributed by atoms with Crippen molar-refractivity contribution in [2.45, 2.75) is 6.92 Å². The minimum absolute atomic E-state index is 0.0460. The van der Waals surface area contributed by atoms with E-state index in [4.69, 9.17) is 11.6 Å². The van der Waals surface area contributed by atoms with Gasteiger partial charge in [0.2, 0.25) is 0 Å². The SMILES string of the molecule is Cc1ccc(N2C(=O)CNC2=O)cc1Cl. The molecule has 0 spiro atoms. The first-order valence-corrected chi connectivity index (χ1v) is 4.84. The fourth-order valence-electron chi connectivity index (χ4n) is 1.40. The van der Waals surface area contributed by atoms with Gasteiger partial charge in [-0.2, -0.15) is 0 Å². The number of carbonyl (C=O) groups is 2. The monoisotopic (exact) mass is 224 g/mol. The first kappa shape index (κ1) is 9.98. The number of hydrogen-bond donors (Lipinski definition) is 1. The molecule has 1 aliphatic rings. The third-order valence-electron chi connectivity index (χ3n) is 2.26. The van der Waals surface area contributed by atoms with Crippen molar-refractivity contribution in [3.05, 3.63) is 28.8 Å². The van der Waals surface area contributed by atoms with E-state index in [1.807, 2.05) is 6.92 Å². The Hall–Kier alpha value is -1.55. The molecule has 1 saturated heterocycles. The van der Waals surface area contributed by atoms with Gasteiger partial charge in [0.15, 0.2) is 0 Å². The molecule has 5 heteroatoms. The fraction of sp³-hybridized carbons (Fsp3) is 0.200. The Morgan fingerprint density at radius 3 is 2.67 bits per heavy atom. The Bertz CT molecular complexity index is 429. The van der Waals surface area contributed by atoms with Gasteiger partial charge in [0, 0.05) is 5.02 Å². The number of nitrogens with zero attached hydrogens (tertiary/aromatic N) is 1. The molecule has 78 valence electrons. The highest BCUT2D eigenvalue weighted by Gasteiger charge is 2.29. The number of rotatable bonds is 1. The van der Waals surface area contributed by atoms with Crippen LogP contribution in [0.1, 0.15) is 5.56 Å². The Balaban J connectivity index is 2.41. The predicted octanol–water partition coefficient (Wildman–Crippen LogP) is 1.70. The second kappa shape index (κ2) is 3.55. The molecule has 1 N–H and O–H groups in total. The molecule has 15 heavy (non-hydrogen) atoms. The van der Waals surface area contributed by atoms with Crippen molar-refractivity contribution in [3.63, 3.8) is 0 Å². The first-order chi connectivity index (χ1) is 7.09. The lowest BCUT2D eigenvalue weighted by Gasteiger charge is -2.13. The van der Waals surface area contributed by atoms with Crippen LogP contribution in [0, 0.1) is 6.92 Å². The van der Waals surface area contributed by atoms with Crippen LogP contribution in [0.25, 0.3) is 0 Å². The Labute approximate surface area is 91.8 Å². The molecule has 0 radical (unpaired) electrons. The van der Waals surface area contributed by atoms with Crippen LogP contribution in [-0.4, -0.2) is 18.5 Å². The number of hydrogen-bond acceptors (Lipinski definition) is 2. The Kier molecular flexibility index (Phi) is 2.36. The molecule has 3 amide bonds. The van der Waals surface area contributed by atoms with E-state index in [2.05, 4.69) is 5.32 Å². The fourth-order valence-corrected chi connectivity index (χ4v) is 1.58. The summed E-state index contributed by atoms with van der Waals surface area (Å²) in [5, 5.41) is 2.99. The molecular formula is C10H9ClN2O2. The standard InChI is InChI=1S/C10H9ClN2O2/c1-6-2-3-7(4-8(6)11)13-9(14)5-12-10(13)15/h2-4H,5H2,1H3,(H,12,15). The van der Waals surface area contributed by atoms with Crippen LogP contribution < -0.4 is 10.2 Å². The van der Waals surface area contributed by atoms with Gasteiger partial charge in [0.05, 0.1) is 12.2 Å². The average molecular weight is 225 g/mol. The van der Waals surface area contributed by atoms with Gasteiger partial charge in [-0.1, -0.05) is 17.7 Å². The number of urea groups is 1. The van der Waals surface area contributed by atoms with E-state index in [0.29, 0.717) is 10.7 Å². The van der Waals surface area contributed by atoms with Crippen molar-refractivity contribution >= 4 is 29.2 Å². The van der Waals surface area contributed by atoms with Crippen molar-refractivity contribution in [1.29, 1.82) is 0 Å². The van der Waals surface area contributed by atoms with Crippen molar-refractivity contribution in [2.75, 3.05) is 11.4 Å². The van der Waals surface area contributed by atoms with Crippen molar-refractivity contribution < 1.29 is 9.59 Å². The average Bonchev–Trinajstić information content (AvgIpc) is 2.52. The maximum atomic E-state index is 11.4. The first-order valence-electron chi connectivity index (χ1n) is 4.46. The topological polar surface area (TPSA) is 49.4 Å². The third-order valence-corrected chi connectivity index (χ3v) is 2.66. The molecule has 0 aliphatic carbocycles. The summed E-state index contributed by atoms with van der Waals surface area (Å²) in [4.78, 5) is 23.8. The highest BCUT2D eigenvalue weighted by Crippen LogP contribution is 2.24. The van der Waals surface area contributed by atoms with Crippen LogP contribution in [0.5, 0.6) is 0 Å². The van der Waals surface area contributed by atoms with Crippen LogP contribution in [0.3, 0.4) is 0 Å². The minimum Gasteiger partial charge on any atom is -0.328 e. The number of aryl methyl sites for hydroxylation is 1. The molecule has 1 aliphatic heterocycles. The zero-order chi connectivity index (χ0) is 11.0. The van der Waals surface area contributed by atoms with Crippen molar-refractivity contribution in [2.24, 2.45) is 0 Å². The van der Waals surface area contributed by atoms with E-state index in [1.54, 1.807) is 18.2 Å². The summed E-state index contributed by atoms with van der Waals surface area (Å²) in [6.45, 7) is 1.91. The number of halogens is 1. The summed E-state index contributed by atoms with van der Waals surface area (Å²) < 4.78 is 0. The number of benzene rings is 1. The minimum atomic E-state index is -0.403. The smallest absolute Gasteiger partial charge is 0.328 e. The van der Waals surface area contributed by atoms with E-state index >= 15 is 0 Å². The molecule has 2 rings (SSSR count). The van der Waals surface area contributed by atoms with Crippen molar-refractivity contribution in [1.82, 2.24) is 5.32 Å². The molecule has 0 aromatic heterocycles. The normalized spacial score (nSPS) is 15.7. The zero-order valence-electron chi connectivity index (χ0n) is 8.08. The summed E-state index contributed by atoms with van der Waals surface area (Å²) in [7, 11) is 0. The van der Waals surface area contributed by atoms with Gasteiger partial charge < -0.3 is 5.32 Å². The Morgan fingerprint density at radius 1 is 1.40 bits per heavy atom. The summed E-state index contributed by atoms with van der Waals surface area (Å²) in [5.74, 6) is -0.264. The zero-order valence-corrected chi connectivity index (χ0v) is 8.84. The largest absolute Gasteiger partial charge is 0.329 e. The predicted molar refractivity (Wildman–Crippen MR) is 57.1 cm³/mol.